The van der Waals surface area contributed by atoms with Gasteiger partial charge in [-0.1, -0.05) is 60.2 Å². The van der Waals surface area contributed by atoms with E-state index in [2.05, 4.69) is 0 Å². The summed E-state index contributed by atoms with van der Waals surface area (Å²) < 4.78 is 10.5. The fourth-order valence-electron chi connectivity index (χ4n) is 2.39. The molecule has 0 aliphatic rings. The second-order valence-corrected chi connectivity index (χ2v) is 5.84. The molecule has 0 amide bonds. The Morgan fingerprint density at radius 3 is 2.00 bits per heavy atom. The predicted octanol–water partition coefficient (Wildman–Crippen LogP) is 4.07. The summed E-state index contributed by atoms with van der Waals surface area (Å²) in [6, 6.07) is 17.7. The van der Waals surface area contributed by atoms with Crippen LogP contribution in [0.1, 0.15) is 30.5 Å². The fourth-order valence-corrected chi connectivity index (χ4v) is 2.39. The molecule has 0 saturated heterocycles. The van der Waals surface area contributed by atoms with Crippen molar-refractivity contribution >= 4 is 18.0 Å². The van der Waals surface area contributed by atoms with Crippen molar-refractivity contribution in [2.75, 3.05) is 0 Å². The van der Waals surface area contributed by atoms with Crippen LogP contribution in [0.4, 0.5) is 0 Å². The van der Waals surface area contributed by atoms with Crippen LogP contribution in [-0.4, -0.2) is 18.2 Å². The number of carbonyl (C=O) groups is 2. The second kappa shape index (κ2) is 8.83. The summed E-state index contributed by atoms with van der Waals surface area (Å²) in [5.74, 6) is -1.01. The van der Waals surface area contributed by atoms with E-state index in [4.69, 9.17) is 9.47 Å². The number of ether oxygens (including phenoxy) is 2. The van der Waals surface area contributed by atoms with Crippen molar-refractivity contribution in [3.63, 3.8) is 0 Å². The third kappa shape index (κ3) is 6.26. The number of rotatable bonds is 6. The summed E-state index contributed by atoms with van der Waals surface area (Å²) >= 11 is 0. The molecule has 0 bridgehead atoms. The third-order valence-corrected chi connectivity index (χ3v) is 3.53. The van der Waals surface area contributed by atoms with Gasteiger partial charge in [0.05, 0.1) is 0 Å². The Balaban J connectivity index is 2.39. The molecule has 2 rings (SSSR count). The van der Waals surface area contributed by atoms with Crippen LogP contribution in [0.15, 0.2) is 60.2 Å². The fraction of sp³-hybridized carbons (Fsp3) is 0.238. The Bertz CT molecular complexity index is 729. The molecule has 4 nitrogen and oxygen atoms in total. The molecular weight excluding hydrogens is 316 g/mol. The van der Waals surface area contributed by atoms with Gasteiger partial charge in [-0.05, 0) is 24.1 Å². The van der Waals surface area contributed by atoms with Crippen molar-refractivity contribution in [3.05, 3.63) is 76.9 Å². The maximum absolute atomic E-state index is 11.4. The summed E-state index contributed by atoms with van der Waals surface area (Å²) in [7, 11) is 0. The Morgan fingerprint density at radius 2 is 1.48 bits per heavy atom. The molecule has 0 aliphatic heterocycles. The van der Waals surface area contributed by atoms with E-state index < -0.39 is 18.2 Å². The van der Waals surface area contributed by atoms with Crippen LogP contribution in [0, 0.1) is 6.92 Å². The quantitative estimate of drug-likeness (QED) is 0.588. The van der Waals surface area contributed by atoms with Gasteiger partial charge in [-0.2, -0.15) is 0 Å². The van der Waals surface area contributed by atoms with Crippen molar-refractivity contribution < 1.29 is 19.1 Å². The van der Waals surface area contributed by atoms with E-state index in [9.17, 15) is 9.59 Å². The largest absolute Gasteiger partial charge is 0.421 e. The molecule has 25 heavy (non-hydrogen) atoms. The van der Waals surface area contributed by atoms with Gasteiger partial charge in [0.25, 0.3) is 6.29 Å². The van der Waals surface area contributed by atoms with Crippen LogP contribution in [0.2, 0.25) is 0 Å². The number of carbonyl (C=O) groups excluding carboxylic acids is 2. The van der Waals surface area contributed by atoms with Crippen LogP contribution in [0.3, 0.4) is 0 Å². The summed E-state index contributed by atoms with van der Waals surface area (Å²) in [5.41, 5.74) is 3.82. The average molecular weight is 338 g/mol. The molecular formula is C21H22O4. The lowest BCUT2D eigenvalue weighted by molar-refractivity contribution is -0.178. The van der Waals surface area contributed by atoms with E-state index in [1.165, 1.54) is 13.8 Å². The molecule has 0 N–H and O–H groups in total. The van der Waals surface area contributed by atoms with Crippen molar-refractivity contribution in [3.8, 4) is 0 Å². The summed E-state index contributed by atoms with van der Waals surface area (Å²) in [4.78, 5) is 22.9. The maximum Gasteiger partial charge on any atom is 0.305 e. The molecule has 130 valence electrons. The molecule has 0 unspecified atom stereocenters. The van der Waals surface area contributed by atoms with Crippen LogP contribution in [0.5, 0.6) is 0 Å². The first-order valence-corrected chi connectivity index (χ1v) is 8.09. The van der Waals surface area contributed by atoms with Gasteiger partial charge in [0.2, 0.25) is 0 Å². The monoisotopic (exact) mass is 338 g/mol. The zero-order chi connectivity index (χ0) is 18.2. The molecule has 4 heteroatoms. The Hall–Kier alpha value is -2.88. The number of aryl methyl sites for hydroxylation is 1. The highest BCUT2D eigenvalue weighted by atomic mass is 16.7. The Kier molecular flexibility index (Phi) is 6.52. The number of hydrogen-bond donors (Lipinski definition) is 0. The van der Waals surface area contributed by atoms with Crippen molar-refractivity contribution in [2.24, 2.45) is 0 Å². The third-order valence-electron chi connectivity index (χ3n) is 3.53. The topological polar surface area (TPSA) is 52.6 Å². The zero-order valence-corrected chi connectivity index (χ0v) is 14.7. The molecule has 0 aliphatic carbocycles. The first kappa shape index (κ1) is 18.5. The maximum atomic E-state index is 11.4. The van der Waals surface area contributed by atoms with Gasteiger partial charge in [0.1, 0.15) is 0 Å². The van der Waals surface area contributed by atoms with Gasteiger partial charge < -0.3 is 9.47 Å². The first-order valence-electron chi connectivity index (χ1n) is 8.09. The van der Waals surface area contributed by atoms with E-state index in [0.29, 0.717) is 12.0 Å². The number of esters is 2. The van der Waals surface area contributed by atoms with Crippen LogP contribution >= 0.6 is 0 Å². The van der Waals surface area contributed by atoms with Crippen molar-refractivity contribution in [2.45, 2.75) is 33.5 Å². The highest BCUT2D eigenvalue weighted by Crippen LogP contribution is 2.20. The first-order chi connectivity index (χ1) is 11.9. The van der Waals surface area contributed by atoms with E-state index >= 15 is 0 Å². The van der Waals surface area contributed by atoms with Crippen LogP contribution < -0.4 is 0 Å². The minimum Gasteiger partial charge on any atom is -0.421 e. The highest BCUT2D eigenvalue weighted by Gasteiger charge is 2.21. The Morgan fingerprint density at radius 1 is 0.920 bits per heavy atom. The van der Waals surface area contributed by atoms with Gasteiger partial charge in [0, 0.05) is 25.8 Å². The zero-order valence-electron chi connectivity index (χ0n) is 14.7. The van der Waals surface area contributed by atoms with E-state index in [1.807, 2.05) is 67.6 Å². The van der Waals surface area contributed by atoms with Gasteiger partial charge in [-0.25, -0.2) is 0 Å². The van der Waals surface area contributed by atoms with Gasteiger partial charge >= 0.3 is 11.9 Å². The van der Waals surface area contributed by atoms with E-state index in [0.717, 1.165) is 16.7 Å². The summed E-state index contributed by atoms with van der Waals surface area (Å²) in [6.07, 6.45) is 1.35. The summed E-state index contributed by atoms with van der Waals surface area (Å²) in [6.45, 7) is 4.60. The molecule has 0 radical (unpaired) electrons. The van der Waals surface area contributed by atoms with E-state index in [1.54, 1.807) is 0 Å². The standard InChI is InChI=1S/C21H22O4/c1-15-9-11-19(12-10-15)14-20(13-18-7-5-4-6-8-18)21(24-16(2)22)25-17(3)23/h4-12,14,21H,13H2,1-3H3. The molecule has 0 saturated carbocycles. The van der Waals surface area contributed by atoms with E-state index in [-0.39, 0.29) is 0 Å². The number of hydrogen-bond acceptors (Lipinski definition) is 4. The second-order valence-electron chi connectivity index (χ2n) is 5.84. The number of benzene rings is 2. The van der Waals surface area contributed by atoms with Gasteiger partial charge in [-0.3, -0.25) is 9.59 Å². The molecule has 2 aromatic rings. The van der Waals surface area contributed by atoms with Gasteiger partial charge in [-0.15, -0.1) is 0 Å². The normalized spacial score (nSPS) is 11.3. The van der Waals surface area contributed by atoms with Crippen molar-refractivity contribution in [1.29, 1.82) is 0 Å². The summed E-state index contributed by atoms with van der Waals surface area (Å²) in [5, 5.41) is 0. The molecule has 0 aromatic heterocycles. The molecule has 0 fully saturated rings. The van der Waals surface area contributed by atoms with Crippen LogP contribution in [-0.2, 0) is 25.5 Å². The average Bonchev–Trinajstić information content (AvgIpc) is 2.56. The minimum atomic E-state index is -1.04. The molecule has 2 aromatic carbocycles. The lowest BCUT2D eigenvalue weighted by Gasteiger charge is -2.20. The SMILES string of the molecule is CC(=O)OC(OC(C)=O)C(=Cc1ccc(C)cc1)Cc1ccccc1. The van der Waals surface area contributed by atoms with Crippen molar-refractivity contribution in [1.82, 2.24) is 0 Å². The highest BCUT2D eigenvalue weighted by molar-refractivity contribution is 5.69. The minimum absolute atomic E-state index is 0.500. The Labute approximate surface area is 148 Å². The van der Waals surface area contributed by atoms with Gasteiger partial charge in [0.15, 0.2) is 0 Å². The lowest BCUT2D eigenvalue weighted by atomic mass is 10.0. The lowest BCUT2D eigenvalue weighted by Crippen LogP contribution is -2.25. The van der Waals surface area contributed by atoms with Crippen LogP contribution in [0.25, 0.3) is 6.08 Å². The molecule has 0 atom stereocenters. The predicted molar refractivity (Wildman–Crippen MR) is 96.6 cm³/mol. The smallest absolute Gasteiger partial charge is 0.305 e. The molecule has 0 heterocycles. The molecule has 0 spiro atoms.